The van der Waals surface area contributed by atoms with Crippen molar-refractivity contribution in [3.63, 3.8) is 0 Å². The summed E-state index contributed by atoms with van der Waals surface area (Å²) in [7, 11) is 3.33. The highest BCUT2D eigenvalue weighted by molar-refractivity contribution is 9.12. The number of nitrogens with zero attached hydrogens (tertiary/aromatic N) is 2. The smallest absolute Gasteiger partial charge is 0.164 e. The summed E-state index contributed by atoms with van der Waals surface area (Å²) in [6.45, 7) is 0. The highest BCUT2D eigenvalue weighted by Gasteiger charge is 2.27. The third-order valence-corrected chi connectivity index (χ3v) is 8.44. The van der Waals surface area contributed by atoms with E-state index in [2.05, 4.69) is 61.1 Å². The molecule has 0 amide bonds. The van der Waals surface area contributed by atoms with Crippen LogP contribution in [0.3, 0.4) is 0 Å². The van der Waals surface area contributed by atoms with Gasteiger partial charge in [-0.2, -0.15) is 0 Å². The van der Waals surface area contributed by atoms with Gasteiger partial charge in [-0.25, -0.2) is 9.98 Å². The zero-order chi connectivity index (χ0) is 28.3. The zero-order valence-electron chi connectivity index (χ0n) is 22.4. The van der Waals surface area contributed by atoms with E-state index >= 15 is 0 Å². The first-order valence-electron chi connectivity index (χ1n) is 13.0. The molecule has 5 nitrogen and oxygen atoms in total. The summed E-state index contributed by atoms with van der Waals surface area (Å²) in [4.78, 5) is 13.9. The lowest BCUT2D eigenvalue weighted by atomic mass is 10.0. The van der Waals surface area contributed by atoms with E-state index in [1.54, 1.807) is 14.2 Å². The van der Waals surface area contributed by atoms with E-state index in [4.69, 9.17) is 19.5 Å². The van der Waals surface area contributed by atoms with E-state index in [9.17, 15) is 0 Å². The number of rotatable bonds is 7. The molecule has 1 aliphatic rings. The van der Waals surface area contributed by atoms with Crippen LogP contribution in [0, 0.1) is 0 Å². The van der Waals surface area contributed by atoms with Crippen molar-refractivity contribution in [3.8, 4) is 33.9 Å². The molecule has 2 heterocycles. The Morgan fingerprint density at radius 1 is 0.634 bits per heavy atom. The van der Waals surface area contributed by atoms with Crippen molar-refractivity contribution in [2.45, 2.75) is 0 Å². The van der Waals surface area contributed by atoms with E-state index in [0.717, 1.165) is 65.3 Å². The predicted octanol–water partition coefficient (Wildman–Crippen LogP) is 9.47. The minimum atomic E-state index is 0.601. The van der Waals surface area contributed by atoms with Crippen LogP contribution < -0.4 is 9.47 Å². The number of ether oxygens (including phenoxy) is 2. The molecular formula is C34H25Br2N3O2. The van der Waals surface area contributed by atoms with Gasteiger partial charge in [-0.05, 0) is 72.8 Å². The first-order valence-corrected chi connectivity index (χ1v) is 14.5. The second kappa shape index (κ2) is 11.7. The molecule has 0 fully saturated rings. The van der Waals surface area contributed by atoms with E-state index in [0.29, 0.717) is 11.7 Å². The maximum absolute atomic E-state index is 5.41. The number of amidine groups is 1. The Balaban J connectivity index is 1.57. The molecular weight excluding hydrogens is 642 g/mol. The largest absolute Gasteiger partial charge is 0.497 e. The molecule has 6 rings (SSSR count). The average molecular weight is 667 g/mol. The standard InChI is InChI=1S/C34H25Br2N3O2/c1-40-25-17-13-21(14-18-25)27-29(35)31(23-9-5-3-6-10-23)37-33(27)39-34-28(22-15-19-26(41-2)20-16-22)30(36)32(38-34)24-11-7-4-8-12-24/h3-20,37H,1-2H3/b39-34-. The van der Waals surface area contributed by atoms with Gasteiger partial charge in [0, 0.05) is 16.7 Å². The van der Waals surface area contributed by atoms with Crippen LogP contribution in [0.25, 0.3) is 28.0 Å². The van der Waals surface area contributed by atoms with E-state index in [1.165, 1.54) is 0 Å². The molecule has 0 bridgehead atoms. The SMILES string of the molecule is COc1ccc(C2=C(Br)C(c3ccccc3)=N/C2=N\c2[nH]c(-c3ccccc3)c(Br)c2-c2ccc(OC)cc2)cc1. The molecule has 0 saturated carbocycles. The number of hydrogen-bond donors (Lipinski definition) is 1. The lowest BCUT2D eigenvalue weighted by molar-refractivity contribution is 0.414. The molecule has 1 aromatic heterocycles. The van der Waals surface area contributed by atoms with E-state index in [-0.39, 0.29) is 0 Å². The Kier molecular flexibility index (Phi) is 7.72. The van der Waals surface area contributed by atoms with Crippen molar-refractivity contribution < 1.29 is 9.47 Å². The highest BCUT2D eigenvalue weighted by atomic mass is 79.9. The molecule has 5 aromatic rings. The molecule has 0 radical (unpaired) electrons. The van der Waals surface area contributed by atoms with Crippen LogP contribution in [0.2, 0.25) is 0 Å². The summed E-state index contributed by atoms with van der Waals surface area (Å²) in [6, 6.07) is 36.3. The van der Waals surface area contributed by atoms with Gasteiger partial charge >= 0.3 is 0 Å². The fourth-order valence-corrected chi connectivity index (χ4v) is 6.26. The van der Waals surface area contributed by atoms with Crippen LogP contribution >= 0.6 is 31.9 Å². The number of aliphatic imine (C=N–C) groups is 2. The van der Waals surface area contributed by atoms with E-state index < -0.39 is 0 Å². The summed E-state index contributed by atoms with van der Waals surface area (Å²) in [6.07, 6.45) is 0. The van der Waals surface area contributed by atoms with Crippen molar-refractivity contribution >= 4 is 54.8 Å². The molecule has 1 aliphatic heterocycles. The summed E-state index contributed by atoms with van der Waals surface area (Å²) in [5.74, 6) is 2.87. The summed E-state index contributed by atoms with van der Waals surface area (Å²) in [5, 5.41) is 0. The maximum Gasteiger partial charge on any atom is 0.164 e. The number of aromatic amines is 1. The van der Waals surface area contributed by atoms with Crippen LogP contribution in [0.4, 0.5) is 5.82 Å². The number of nitrogens with one attached hydrogen (secondary N) is 1. The van der Waals surface area contributed by atoms with Gasteiger partial charge in [0.15, 0.2) is 5.84 Å². The Bertz CT molecular complexity index is 1790. The number of allylic oxidation sites excluding steroid dienone is 1. The van der Waals surface area contributed by atoms with Crippen LogP contribution in [0.1, 0.15) is 11.1 Å². The molecule has 0 spiro atoms. The topological polar surface area (TPSA) is 59.0 Å². The second-order valence-electron chi connectivity index (χ2n) is 9.31. The van der Waals surface area contributed by atoms with Crippen molar-refractivity contribution in [2.24, 2.45) is 9.98 Å². The lowest BCUT2D eigenvalue weighted by Crippen LogP contribution is -1.97. The fourth-order valence-electron chi connectivity index (χ4n) is 4.79. The molecule has 41 heavy (non-hydrogen) atoms. The Morgan fingerprint density at radius 2 is 1.17 bits per heavy atom. The Morgan fingerprint density at radius 3 is 1.73 bits per heavy atom. The first-order chi connectivity index (χ1) is 20.1. The third-order valence-electron chi connectivity index (χ3n) is 6.87. The third kappa shape index (κ3) is 5.31. The number of aromatic nitrogens is 1. The minimum Gasteiger partial charge on any atom is -0.497 e. The Labute approximate surface area is 255 Å². The minimum absolute atomic E-state index is 0.601. The monoisotopic (exact) mass is 665 g/mol. The van der Waals surface area contributed by atoms with Gasteiger partial charge in [0.1, 0.15) is 17.3 Å². The molecule has 0 atom stereocenters. The molecule has 0 unspecified atom stereocenters. The molecule has 202 valence electrons. The quantitative estimate of drug-likeness (QED) is 0.188. The van der Waals surface area contributed by atoms with Gasteiger partial charge in [-0.15, -0.1) is 0 Å². The van der Waals surface area contributed by atoms with Gasteiger partial charge in [0.2, 0.25) is 0 Å². The lowest BCUT2D eigenvalue weighted by Gasteiger charge is -2.08. The van der Waals surface area contributed by atoms with Gasteiger partial charge in [0.05, 0.1) is 34.6 Å². The summed E-state index contributed by atoms with van der Waals surface area (Å²) in [5.41, 5.74) is 7.63. The summed E-state index contributed by atoms with van der Waals surface area (Å²) < 4.78 is 12.6. The maximum atomic E-state index is 5.41. The van der Waals surface area contributed by atoms with Crippen molar-refractivity contribution in [1.29, 1.82) is 0 Å². The van der Waals surface area contributed by atoms with Crippen LogP contribution in [0.15, 0.2) is 128 Å². The fraction of sp³-hybridized carbons (Fsp3) is 0.0588. The second-order valence-corrected chi connectivity index (χ2v) is 10.9. The molecule has 4 aromatic carbocycles. The van der Waals surface area contributed by atoms with Gasteiger partial charge in [-0.1, -0.05) is 84.9 Å². The molecule has 0 saturated heterocycles. The Hall–Kier alpha value is -4.20. The van der Waals surface area contributed by atoms with Crippen LogP contribution in [-0.4, -0.2) is 30.8 Å². The van der Waals surface area contributed by atoms with Crippen molar-refractivity contribution in [2.75, 3.05) is 14.2 Å². The number of halogens is 2. The molecule has 7 heteroatoms. The van der Waals surface area contributed by atoms with Crippen molar-refractivity contribution in [3.05, 3.63) is 129 Å². The summed E-state index contributed by atoms with van der Waals surface area (Å²) >= 11 is 7.77. The van der Waals surface area contributed by atoms with Crippen LogP contribution in [-0.2, 0) is 0 Å². The normalized spacial score (nSPS) is 14.0. The molecule has 1 N–H and O–H groups in total. The number of methoxy groups -OCH3 is 2. The molecule has 0 aliphatic carbocycles. The zero-order valence-corrected chi connectivity index (χ0v) is 25.5. The number of hydrogen-bond acceptors (Lipinski definition) is 3. The predicted molar refractivity (Wildman–Crippen MR) is 175 cm³/mol. The number of benzene rings is 4. The number of H-pyrrole nitrogens is 1. The highest BCUT2D eigenvalue weighted by Crippen LogP contribution is 2.45. The van der Waals surface area contributed by atoms with Crippen LogP contribution in [0.5, 0.6) is 11.5 Å². The van der Waals surface area contributed by atoms with Gasteiger partial charge in [-0.3, -0.25) is 0 Å². The first kappa shape index (κ1) is 27.0. The van der Waals surface area contributed by atoms with Gasteiger partial charge < -0.3 is 14.5 Å². The van der Waals surface area contributed by atoms with Crippen molar-refractivity contribution in [1.82, 2.24) is 4.98 Å². The van der Waals surface area contributed by atoms with E-state index in [1.807, 2.05) is 84.9 Å². The average Bonchev–Trinajstić information content (AvgIpc) is 3.53. The van der Waals surface area contributed by atoms with Gasteiger partial charge in [0.25, 0.3) is 0 Å².